The molecule has 0 N–H and O–H groups in total. The van der Waals surface area contributed by atoms with Crippen molar-refractivity contribution in [1.29, 1.82) is 0 Å². The van der Waals surface area contributed by atoms with Crippen molar-refractivity contribution in [2.24, 2.45) is 0 Å². The van der Waals surface area contributed by atoms with Gasteiger partial charge in [0.1, 0.15) is 0 Å². The largest absolute Gasteiger partial charge is 0.510 e. The van der Waals surface area contributed by atoms with Crippen LogP contribution in [-0.2, 0) is 9.47 Å². The number of carbonyl (C=O) groups is 1. The summed E-state index contributed by atoms with van der Waals surface area (Å²) in [7, 11) is 0. The molecule has 1 aliphatic rings. The fourth-order valence-electron chi connectivity index (χ4n) is 1.86. The predicted molar refractivity (Wildman–Crippen MR) is 61.1 cm³/mol. The maximum Gasteiger partial charge on any atom is 0.510 e. The summed E-state index contributed by atoms with van der Waals surface area (Å²) < 4.78 is 12.7. The minimum absolute atomic E-state index is 0.259. The van der Waals surface area contributed by atoms with Gasteiger partial charge in [-0.3, -0.25) is 0 Å². The lowest BCUT2D eigenvalue weighted by atomic mass is 10.2. The van der Waals surface area contributed by atoms with Gasteiger partial charge in [0.25, 0.3) is 0 Å². The lowest BCUT2D eigenvalue weighted by Crippen LogP contribution is -2.09. The van der Waals surface area contributed by atoms with Gasteiger partial charge in [0.2, 0.25) is 6.23 Å². The molecule has 1 saturated heterocycles. The summed E-state index contributed by atoms with van der Waals surface area (Å²) in [5.41, 5.74) is 1.01. The summed E-state index contributed by atoms with van der Waals surface area (Å²) in [6.07, 6.45) is 0.920. The van der Waals surface area contributed by atoms with Crippen LogP contribution >= 0.6 is 15.9 Å². The van der Waals surface area contributed by atoms with Crippen LogP contribution in [0, 0.1) is 0 Å². The molecule has 1 aromatic carbocycles. The first-order chi connectivity index (χ1) is 7.75. The summed E-state index contributed by atoms with van der Waals surface area (Å²) in [4.78, 5) is 10.9. The number of halogens is 1. The number of nitrogens with zero attached hydrogens (tertiary/aromatic N) is 1. The Labute approximate surface area is 99.9 Å². The first kappa shape index (κ1) is 9.72. The Balaban J connectivity index is 2.11. The van der Waals surface area contributed by atoms with E-state index in [0.717, 1.165) is 15.4 Å². The fourth-order valence-corrected chi connectivity index (χ4v) is 2.35. The lowest BCUT2D eigenvalue weighted by Gasteiger charge is -2.10. The van der Waals surface area contributed by atoms with Gasteiger partial charge in [-0.15, -0.1) is 0 Å². The third kappa shape index (κ3) is 1.39. The zero-order valence-corrected chi connectivity index (χ0v) is 9.81. The van der Waals surface area contributed by atoms with Crippen LogP contribution < -0.4 is 0 Å². The average molecular weight is 282 g/mol. The van der Waals surface area contributed by atoms with E-state index in [1.165, 1.54) is 0 Å². The zero-order valence-electron chi connectivity index (χ0n) is 8.22. The molecule has 16 heavy (non-hydrogen) atoms. The van der Waals surface area contributed by atoms with Gasteiger partial charge >= 0.3 is 6.16 Å². The van der Waals surface area contributed by atoms with Crippen molar-refractivity contribution in [3.8, 4) is 0 Å². The second-order valence-corrected chi connectivity index (χ2v) is 4.38. The molecule has 0 saturated carbocycles. The molecule has 2 aromatic rings. The molecule has 4 nitrogen and oxygen atoms in total. The maximum absolute atomic E-state index is 10.9. The van der Waals surface area contributed by atoms with Crippen LogP contribution in [0.5, 0.6) is 0 Å². The second-order valence-electron chi connectivity index (χ2n) is 3.53. The van der Waals surface area contributed by atoms with Gasteiger partial charge in [-0.2, -0.15) is 0 Å². The third-order valence-corrected chi connectivity index (χ3v) is 3.29. The minimum Gasteiger partial charge on any atom is -0.428 e. The van der Waals surface area contributed by atoms with Crippen molar-refractivity contribution in [3.63, 3.8) is 0 Å². The quantitative estimate of drug-likeness (QED) is 0.755. The number of rotatable bonds is 1. The number of hydrogen-bond acceptors (Lipinski definition) is 3. The highest BCUT2D eigenvalue weighted by Gasteiger charge is 2.27. The summed E-state index contributed by atoms with van der Waals surface area (Å²) in [6.45, 7) is 0.259. The molecule has 0 radical (unpaired) electrons. The Hall–Kier alpha value is -1.49. The van der Waals surface area contributed by atoms with Crippen molar-refractivity contribution < 1.29 is 14.3 Å². The van der Waals surface area contributed by atoms with Gasteiger partial charge in [0.15, 0.2) is 6.61 Å². The standard InChI is InChI=1S/C11H8BrNO3/c12-8-2-1-3-9-7(8)4-5-13(9)10-6-15-11(14)16-10/h1-5,10H,6H2. The molecule has 0 aliphatic carbocycles. The number of hydrogen-bond donors (Lipinski definition) is 0. The third-order valence-electron chi connectivity index (χ3n) is 2.60. The summed E-state index contributed by atoms with van der Waals surface area (Å²) >= 11 is 3.48. The number of fused-ring (bicyclic) bond motifs is 1. The van der Waals surface area contributed by atoms with Crippen molar-refractivity contribution in [1.82, 2.24) is 4.57 Å². The topological polar surface area (TPSA) is 40.5 Å². The normalized spacial score (nSPS) is 19.8. The maximum atomic E-state index is 10.9. The van der Waals surface area contributed by atoms with E-state index in [-0.39, 0.29) is 12.8 Å². The lowest BCUT2D eigenvalue weighted by molar-refractivity contribution is 0.0979. The minimum atomic E-state index is -0.609. The van der Waals surface area contributed by atoms with Crippen LogP contribution in [0.2, 0.25) is 0 Å². The molecule has 0 amide bonds. The smallest absolute Gasteiger partial charge is 0.428 e. The summed E-state index contributed by atoms with van der Waals surface area (Å²) in [6, 6.07) is 7.88. The Morgan fingerprint density at radius 2 is 2.25 bits per heavy atom. The predicted octanol–water partition coefficient (Wildman–Crippen LogP) is 3.07. The average Bonchev–Trinajstić information content (AvgIpc) is 2.84. The number of benzene rings is 1. The molecule has 0 bridgehead atoms. The molecule has 1 unspecified atom stereocenters. The van der Waals surface area contributed by atoms with Gasteiger partial charge in [-0.25, -0.2) is 4.79 Å². The molecule has 2 heterocycles. The Morgan fingerprint density at radius 1 is 1.38 bits per heavy atom. The van der Waals surface area contributed by atoms with Crippen LogP contribution in [0.1, 0.15) is 6.23 Å². The monoisotopic (exact) mass is 281 g/mol. The van der Waals surface area contributed by atoms with E-state index in [0.29, 0.717) is 0 Å². The molecule has 0 spiro atoms. The summed E-state index contributed by atoms with van der Waals surface area (Å²) in [5.74, 6) is 0. The SMILES string of the molecule is O=C1OCC(n2ccc3c(Br)cccc32)O1. The highest BCUT2D eigenvalue weighted by atomic mass is 79.9. The number of aromatic nitrogens is 1. The molecular formula is C11H8BrNO3. The molecule has 1 fully saturated rings. The first-order valence-corrected chi connectivity index (χ1v) is 5.63. The van der Waals surface area contributed by atoms with E-state index in [9.17, 15) is 4.79 Å². The van der Waals surface area contributed by atoms with Crippen molar-refractivity contribution in [2.75, 3.05) is 6.61 Å². The highest BCUT2D eigenvalue weighted by molar-refractivity contribution is 9.10. The molecular weight excluding hydrogens is 274 g/mol. The Morgan fingerprint density at radius 3 is 3.00 bits per heavy atom. The van der Waals surface area contributed by atoms with Gasteiger partial charge in [-0.05, 0) is 18.2 Å². The number of cyclic esters (lactones) is 2. The van der Waals surface area contributed by atoms with Gasteiger partial charge in [0.05, 0.1) is 5.52 Å². The Kier molecular flexibility index (Phi) is 2.14. The van der Waals surface area contributed by atoms with Gasteiger partial charge < -0.3 is 14.0 Å². The first-order valence-electron chi connectivity index (χ1n) is 4.84. The molecule has 1 aliphatic heterocycles. The molecule has 5 heteroatoms. The van der Waals surface area contributed by atoms with E-state index in [1.807, 2.05) is 35.0 Å². The van der Waals surface area contributed by atoms with Crippen molar-refractivity contribution >= 4 is 33.0 Å². The van der Waals surface area contributed by atoms with Crippen LogP contribution in [0.3, 0.4) is 0 Å². The Bertz CT molecular complexity index is 563. The van der Waals surface area contributed by atoms with Crippen LogP contribution in [0.25, 0.3) is 10.9 Å². The van der Waals surface area contributed by atoms with Crippen molar-refractivity contribution in [3.05, 3.63) is 34.9 Å². The van der Waals surface area contributed by atoms with Crippen LogP contribution in [-0.4, -0.2) is 17.3 Å². The van der Waals surface area contributed by atoms with E-state index in [2.05, 4.69) is 15.9 Å². The van der Waals surface area contributed by atoms with E-state index in [4.69, 9.17) is 9.47 Å². The van der Waals surface area contributed by atoms with Gasteiger partial charge in [-0.1, -0.05) is 22.0 Å². The fraction of sp³-hybridized carbons (Fsp3) is 0.182. The molecule has 1 atom stereocenters. The van der Waals surface area contributed by atoms with Crippen LogP contribution in [0.15, 0.2) is 34.9 Å². The van der Waals surface area contributed by atoms with E-state index < -0.39 is 6.16 Å². The van der Waals surface area contributed by atoms with Crippen molar-refractivity contribution in [2.45, 2.75) is 6.23 Å². The van der Waals surface area contributed by atoms with Gasteiger partial charge in [0, 0.05) is 16.1 Å². The zero-order chi connectivity index (χ0) is 11.1. The second kappa shape index (κ2) is 3.52. The molecule has 1 aromatic heterocycles. The van der Waals surface area contributed by atoms with Crippen LogP contribution in [0.4, 0.5) is 4.79 Å². The van der Waals surface area contributed by atoms with E-state index in [1.54, 1.807) is 0 Å². The van der Waals surface area contributed by atoms with E-state index >= 15 is 0 Å². The highest BCUT2D eigenvalue weighted by Crippen LogP contribution is 2.29. The molecule has 3 rings (SSSR count). The number of carbonyl (C=O) groups excluding carboxylic acids is 1. The molecule has 82 valence electrons. The summed E-state index contributed by atoms with van der Waals surface area (Å²) in [5, 5.41) is 1.09. The number of ether oxygens (including phenoxy) is 2.